The van der Waals surface area contributed by atoms with E-state index in [4.69, 9.17) is 0 Å². The van der Waals surface area contributed by atoms with E-state index >= 15 is 0 Å². The molecule has 1 aliphatic rings. The fourth-order valence-electron chi connectivity index (χ4n) is 2.96. The maximum Gasteiger partial charge on any atom is 0.281 e. The van der Waals surface area contributed by atoms with Gasteiger partial charge in [0, 0.05) is 4.88 Å². The third-order valence-corrected chi connectivity index (χ3v) is 5.36. The molecule has 0 fully saturated rings. The number of hydrogen-bond donors (Lipinski definition) is 1. The average molecular weight is 310 g/mol. The summed E-state index contributed by atoms with van der Waals surface area (Å²) in [5.41, 5.74) is 2.43. The van der Waals surface area contributed by atoms with Gasteiger partial charge in [0.25, 0.3) is 5.56 Å². The van der Waals surface area contributed by atoms with Crippen molar-refractivity contribution in [2.45, 2.75) is 19.9 Å². The van der Waals surface area contributed by atoms with Crippen molar-refractivity contribution in [1.29, 1.82) is 0 Å². The third-order valence-electron chi connectivity index (χ3n) is 4.06. The van der Waals surface area contributed by atoms with Gasteiger partial charge in [-0.15, -0.1) is 11.3 Å². The second kappa shape index (κ2) is 4.81. The van der Waals surface area contributed by atoms with Crippen LogP contribution in [0.5, 0.6) is 0 Å². The smallest absolute Gasteiger partial charge is 0.281 e. The fraction of sp³-hybridized carbons (Fsp3) is 0.176. The predicted octanol–water partition coefficient (Wildman–Crippen LogP) is 3.33. The molecule has 0 saturated carbocycles. The van der Waals surface area contributed by atoms with E-state index in [0.717, 1.165) is 28.6 Å². The van der Waals surface area contributed by atoms with Crippen LogP contribution < -0.4 is 5.56 Å². The van der Waals surface area contributed by atoms with Crippen molar-refractivity contribution in [1.82, 2.24) is 9.55 Å². The molecule has 3 aromatic rings. The Bertz CT molecular complexity index is 982. The highest BCUT2D eigenvalue weighted by Crippen LogP contribution is 2.34. The van der Waals surface area contributed by atoms with Crippen molar-refractivity contribution in [3.05, 3.63) is 68.8 Å². The lowest BCUT2D eigenvalue weighted by Gasteiger charge is -2.23. The maximum atomic E-state index is 12.3. The van der Waals surface area contributed by atoms with Gasteiger partial charge in [0.15, 0.2) is 0 Å². The first-order chi connectivity index (χ1) is 10.7. The Morgan fingerprint density at radius 1 is 1.41 bits per heavy atom. The monoisotopic (exact) mass is 310 g/mol. The number of thiophene rings is 1. The largest absolute Gasteiger partial charge is 0.515 e. The number of fused-ring (bicyclic) bond motifs is 4. The Morgan fingerprint density at radius 2 is 2.23 bits per heavy atom. The number of aryl methyl sites for hydroxylation is 1. The molecule has 0 bridgehead atoms. The zero-order valence-corrected chi connectivity index (χ0v) is 12.9. The van der Waals surface area contributed by atoms with Crippen LogP contribution in [0.1, 0.15) is 28.8 Å². The average Bonchev–Trinajstić information content (AvgIpc) is 2.98. The minimum Gasteiger partial charge on any atom is -0.515 e. The van der Waals surface area contributed by atoms with E-state index in [1.807, 2.05) is 34.9 Å². The minimum atomic E-state index is -0.226. The highest BCUT2D eigenvalue weighted by molar-refractivity contribution is 7.18. The molecule has 1 N–H and O–H groups in total. The molecule has 4 nitrogen and oxygen atoms in total. The quantitative estimate of drug-likeness (QED) is 0.549. The molecule has 0 aliphatic carbocycles. The number of aromatic nitrogens is 2. The van der Waals surface area contributed by atoms with Crippen LogP contribution in [0.25, 0.3) is 15.8 Å². The number of aliphatic hydroxyl groups is 1. The van der Waals surface area contributed by atoms with Gasteiger partial charge in [0.2, 0.25) is 0 Å². The zero-order chi connectivity index (χ0) is 15.3. The Kier molecular flexibility index (Phi) is 2.90. The number of nitrogens with zero attached hydrogens (tertiary/aromatic N) is 2. The van der Waals surface area contributed by atoms with Crippen molar-refractivity contribution in [3.8, 4) is 0 Å². The summed E-state index contributed by atoms with van der Waals surface area (Å²) in [4.78, 5) is 18.7. The Balaban J connectivity index is 2.09. The first kappa shape index (κ1) is 13.3. The van der Waals surface area contributed by atoms with Crippen LogP contribution >= 0.6 is 11.3 Å². The third kappa shape index (κ3) is 1.75. The van der Waals surface area contributed by atoms with Crippen molar-refractivity contribution in [3.63, 3.8) is 0 Å². The van der Waals surface area contributed by atoms with Gasteiger partial charge in [-0.25, -0.2) is 0 Å². The number of hydrogen-bond acceptors (Lipinski definition) is 4. The highest BCUT2D eigenvalue weighted by Gasteiger charge is 2.24. The SMILES string of the molecule is CCc1cc2c(=O)nc3n(c2s1)Cc1ccccc1/C3=C\O. The van der Waals surface area contributed by atoms with Crippen molar-refractivity contribution >= 4 is 27.1 Å². The normalized spacial score (nSPS) is 15.0. The van der Waals surface area contributed by atoms with Gasteiger partial charge in [-0.2, -0.15) is 4.98 Å². The molecular weight excluding hydrogens is 296 g/mol. The van der Waals surface area contributed by atoms with Gasteiger partial charge < -0.3 is 9.67 Å². The highest BCUT2D eigenvalue weighted by atomic mass is 32.1. The second-order valence-electron chi connectivity index (χ2n) is 5.31. The lowest BCUT2D eigenvalue weighted by Crippen LogP contribution is -2.22. The first-order valence-electron chi connectivity index (χ1n) is 7.19. The molecule has 5 heteroatoms. The summed E-state index contributed by atoms with van der Waals surface area (Å²) in [5.74, 6) is 0.545. The zero-order valence-electron chi connectivity index (χ0n) is 12.0. The molecule has 1 aliphatic heterocycles. The van der Waals surface area contributed by atoms with Gasteiger partial charge in [-0.05, 0) is 23.6 Å². The lowest BCUT2D eigenvalue weighted by molar-refractivity contribution is 0.474. The first-order valence-corrected chi connectivity index (χ1v) is 8.01. The van der Waals surface area contributed by atoms with Crippen LogP contribution in [0.2, 0.25) is 0 Å². The van der Waals surface area contributed by atoms with Crippen molar-refractivity contribution < 1.29 is 5.11 Å². The van der Waals surface area contributed by atoms with Crippen LogP contribution in [0.4, 0.5) is 0 Å². The van der Waals surface area contributed by atoms with E-state index in [1.165, 1.54) is 4.88 Å². The van der Waals surface area contributed by atoms with Gasteiger partial charge in [-0.1, -0.05) is 31.2 Å². The van der Waals surface area contributed by atoms with Crippen LogP contribution in [0.3, 0.4) is 0 Å². The van der Waals surface area contributed by atoms with E-state index < -0.39 is 0 Å². The number of benzene rings is 1. The summed E-state index contributed by atoms with van der Waals surface area (Å²) in [6.07, 6.45) is 1.95. The van der Waals surface area contributed by atoms with Crippen LogP contribution in [0.15, 0.2) is 41.4 Å². The Morgan fingerprint density at radius 3 is 3.00 bits per heavy atom. The summed E-state index contributed by atoms with van der Waals surface area (Å²) in [7, 11) is 0. The predicted molar refractivity (Wildman–Crippen MR) is 88.5 cm³/mol. The molecule has 0 amide bonds. The number of rotatable bonds is 1. The van der Waals surface area contributed by atoms with Crippen LogP contribution in [-0.2, 0) is 13.0 Å². The van der Waals surface area contributed by atoms with Crippen molar-refractivity contribution in [2.24, 2.45) is 0 Å². The molecular formula is C17H14N2O2S. The summed E-state index contributed by atoms with van der Waals surface area (Å²) in [6, 6.07) is 9.83. The molecule has 0 saturated heterocycles. The molecule has 0 atom stereocenters. The number of aliphatic hydroxyl groups excluding tert-OH is 1. The van der Waals surface area contributed by atoms with Gasteiger partial charge in [0.05, 0.1) is 23.8 Å². The fourth-order valence-corrected chi connectivity index (χ4v) is 4.05. The van der Waals surface area contributed by atoms with E-state index in [0.29, 0.717) is 23.3 Å². The molecule has 3 heterocycles. The summed E-state index contributed by atoms with van der Waals surface area (Å²) in [5, 5.41) is 10.4. The van der Waals surface area contributed by atoms with Gasteiger partial charge >= 0.3 is 0 Å². The summed E-state index contributed by atoms with van der Waals surface area (Å²) >= 11 is 1.63. The maximum absolute atomic E-state index is 12.3. The molecule has 4 rings (SSSR count). The van der Waals surface area contributed by atoms with E-state index in [-0.39, 0.29) is 5.56 Å². The minimum absolute atomic E-state index is 0.226. The molecule has 110 valence electrons. The Hall–Kier alpha value is -2.40. The molecule has 0 unspecified atom stereocenters. The molecule has 0 spiro atoms. The van der Waals surface area contributed by atoms with E-state index in [9.17, 15) is 9.90 Å². The standard InChI is InChI=1S/C17H14N2O2S/c1-2-11-7-13-16(21)18-15-14(9-20)12-6-4-3-5-10(12)8-19(15)17(13)22-11/h3-7,9,20H,2,8H2,1H3/b14-9+. The summed E-state index contributed by atoms with van der Waals surface area (Å²) in [6.45, 7) is 2.74. The Labute approximate surface area is 131 Å². The molecule has 22 heavy (non-hydrogen) atoms. The molecule has 2 aromatic heterocycles. The van der Waals surface area contributed by atoms with E-state index in [2.05, 4.69) is 11.9 Å². The van der Waals surface area contributed by atoms with Crippen LogP contribution in [-0.4, -0.2) is 14.7 Å². The molecule has 1 aromatic carbocycles. The van der Waals surface area contributed by atoms with Gasteiger partial charge in [0.1, 0.15) is 10.7 Å². The van der Waals surface area contributed by atoms with Crippen LogP contribution in [0, 0.1) is 0 Å². The lowest BCUT2D eigenvalue weighted by atomic mass is 9.96. The topological polar surface area (TPSA) is 55.1 Å². The second-order valence-corrected chi connectivity index (χ2v) is 6.43. The van der Waals surface area contributed by atoms with Crippen molar-refractivity contribution in [2.75, 3.05) is 0 Å². The summed E-state index contributed by atoms with van der Waals surface area (Å²) < 4.78 is 2.03. The van der Waals surface area contributed by atoms with E-state index in [1.54, 1.807) is 11.3 Å². The van der Waals surface area contributed by atoms with Gasteiger partial charge in [-0.3, -0.25) is 4.79 Å². The molecule has 0 radical (unpaired) electrons.